The Hall–Kier alpha value is -0.850. The van der Waals surface area contributed by atoms with E-state index in [0.717, 1.165) is 39.0 Å². The van der Waals surface area contributed by atoms with E-state index >= 15 is 0 Å². The van der Waals surface area contributed by atoms with Gasteiger partial charge in [-0.25, -0.2) is 0 Å². The molecule has 0 saturated carbocycles. The van der Waals surface area contributed by atoms with E-state index in [1.54, 1.807) is 11.8 Å². The summed E-state index contributed by atoms with van der Waals surface area (Å²) in [6, 6.07) is 6.02. The van der Waals surface area contributed by atoms with Crippen molar-refractivity contribution < 1.29 is 4.74 Å². The van der Waals surface area contributed by atoms with E-state index in [9.17, 15) is 0 Å². The molecular weight excluding hydrogens is 374 g/mol. The zero-order chi connectivity index (χ0) is 13.8. The van der Waals surface area contributed by atoms with Crippen molar-refractivity contribution in [3.63, 3.8) is 0 Å². The Bertz CT molecular complexity index is 569. The van der Waals surface area contributed by atoms with Crippen molar-refractivity contribution >= 4 is 31.9 Å². The van der Waals surface area contributed by atoms with Crippen LogP contribution in [0.25, 0.3) is 0 Å². The standard InChI is InChI=1S/C13H15Br2N3O/c1-18-4-3-11(17-18)8-16-7-9-5-10(14)6-12(15)13(9)19-2/h3-6,16H,7-8H2,1-2H3. The lowest BCUT2D eigenvalue weighted by atomic mass is 10.2. The summed E-state index contributed by atoms with van der Waals surface area (Å²) in [6.07, 6.45) is 1.94. The van der Waals surface area contributed by atoms with Crippen LogP contribution >= 0.6 is 31.9 Å². The SMILES string of the molecule is COc1c(Br)cc(Br)cc1CNCc1ccn(C)n1. The molecule has 0 spiro atoms. The summed E-state index contributed by atoms with van der Waals surface area (Å²) in [5, 5.41) is 7.69. The topological polar surface area (TPSA) is 39.1 Å². The maximum Gasteiger partial charge on any atom is 0.137 e. The van der Waals surface area contributed by atoms with Gasteiger partial charge in [-0.15, -0.1) is 0 Å². The smallest absolute Gasteiger partial charge is 0.137 e. The van der Waals surface area contributed by atoms with Crippen LogP contribution in [0.3, 0.4) is 0 Å². The van der Waals surface area contributed by atoms with Crippen molar-refractivity contribution in [2.75, 3.05) is 7.11 Å². The molecule has 1 aromatic carbocycles. The van der Waals surface area contributed by atoms with Gasteiger partial charge in [0.05, 0.1) is 17.3 Å². The van der Waals surface area contributed by atoms with E-state index in [0.29, 0.717) is 0 Å². The Labute approximate surface area is 129 Å². The first-order valence-corrected chi connectivity index (χ1v) is 7.40. The molecule has 1 aromatic heterocycles. The Morgan fingerprint density at radius 2 is 2.11 bits per heavy atom. The zero-order valence-corrected chi connectivity index (χ0v) is 14.0. The molecule has 0 aliphatic carbocycles. The number of methoxy groups -OCH3 is 1. The first-order chi connectivity index (χ1) is 9.10. The third-order valence-corrected chi connectivity index (χ3v) is 3.73. The quantitative estimate of drug-likeness (QED) is 0.854. The number of rotatable bonds is 5. The minimum atomic E-state index is 0.720. The molecule has 0 aliphatic rings. The first-order valence-electron chi connectivity index (χ1n) is 5.81. The van der Waals surface area contributed by atoms with Gasteiger partial charge >= 0.3 is 0 Å². The molecule has 0 bridgehead atoms. The van der Waals surface area contributed by atoms with Crippen LogP contribution in [0.5, 0.6) is 5.75 Å². The molecule has 102 valence electrons. The van der Waals surface area contributed by atoms with Crippen molar-refractivity contribution in [1.82, 2.24) is 15.1 Å². The number of aromatic nitrogens is 2. The minimum Gasteiger partial charge on any atom is -0.495 e. The van der Waals surface area contributed by atoms with Crippen LogP contribution in [0, 0.1) is 0 Å². The summed E-state index contributed by atoms with van der Waals surface area (Å²) in [4.78, 5) is 0. The van der Waals surface area contributed by atoms with Crippen LogP contribution in [0.15, 0.2) is 33.3 Å². The summed E-state index contributed by atoms with van der Waals surface area (Å²) >= 11 is 6.99. The molecule has 0 fully saturated rings. The fraction of sp³-hybridized carbons (Fsp3) is 0.308. The second-order valence-electron chi connectivity index (χ2n) is 4.16. The second kappa shape index (κ2) is 6.54. The maximum atomic E-state index is 5.41. The van der Waals surface area contributed by atoms with Gasteiger partial charge in [0.1, 0.15) is 5.75 Å². The van der Waals surface area contributed by atoms with Crippen LogP contribution in [0.1, 0.15) is 11.3 Å². The molecule has 0 unspecified atom stereocenters. The van der Waals surface area contributed by atoms with Crippen LogP contribution < -0.4 is 10.1 Å². The third-order valence-electron chi connectivity index (χ3n) is 2.68. The van der Waals surface area contributed by atoms with Crippen LogP contribution in [-0.4, -0.2) is 16.9 Å². The van der Waals surface area contributed by atoms with Crippen molar-refractivity contribution in [2.45, 2.75) is 13.1 Å². The number of hydrogen-bond acceptors (Lipinski definition) is 3. The van der Waals surface area contributed by atoms with Crippen LogP contribution in [0.2, 0.25) is 0 Å². The van der Waals surface area contributed by atoms with E-state index in [-0.39, 0.29) is 0 Å². The number of aryl methyl sites for hydroxylation is 1. The van der Waals surface area contributed by atoms with E-state index < -0.39 is 0 Å². The summed E-state index contributed by atoms with van der Waals surface area (Å²) < 4.78 is 9.18. The number of benzene rings is 1. The summed E-state index contributed by atoms with van der Waals surface area (Å²) in [6.45, 7) is 1.45. The zero-order valence-electron chi connectivity index (χ0n) is 10.8. The molecule has 0 radical (unpaired) electrons. The van der Waals surface area contributed by atoms with Crippen molar-refractivity contribution in [3.8, 4) is 5.75 Å². The average Bonchev–Trinajstić information content (AvgIpc) is 2.74. The first kappa shape index (κ1) is 14.6. The van der Waals surface area contributed by atoms with Gasteiger partial charge in [0.25, 0.3) is 0 Å². The lowest BCUT2D eigenvalue weighted by Gasteiger charge is -2.11. The van der Waals surface area contributed by atoms with Gasteiger partial charge in [-0.2, -0.15) is 5.10 Å². The third kappa shape index (κ3) is 3.81. The van der Waals surface area contributed by atoms with Gasteiger partial charge in [-0.1, -0.05) is 15.9 Å². The van der Waals surface area contributed by atoms with E-state index in [2.05, 4.69) is 48.3 Å². The molecule has 1 heterocycles. The molecule has 19 heavy (non-hydrogen) atoms. The van der Waals surface area contributed by atoms with Crippen LogP contribution in [0.4, 0.5) is 0 Å². The average molecular weight is 389 g/mol. The number of hydrogen-bond donors (Lipinski definition) is 1. The molecule has 1 N–H and O–H groups in total. The van der Waals surface area contributed by atoms with Gasteiger partial charge in [-0.05, 0) is 34.1 Å². The molecule has 2 aromatic rings. The molecule has 0 atom stereocenters. The van der Waals surface area contributed by atoms with Crippen molar-refractivity contribution in [2.24, 2.45) is 7.05 Å². The number of nitrogens with one attached hydrogen (secondary N) is 1. The number of nitrogens with zero attached hydrogens (tertiary/aromatic N) is 2. The van der Waals surface area contributed by atoms with Gasteiger partial charge in [0, 0.05) is 36.4 Å². The molecule has 0 saturated heterocycles. The van der Waals surface area contributed by atoms with Gasteiger partial charge in [0.15, 0.2) is 0 Å². The lowest BCUT2D eigenvalue weighted by Crippen LogP contribution is -2.14. The predicted molar refractivity (Wildman–Crippen MR) is 82.1 cm³/mol. The highest BCUT2D eigenvalue weighted by molar-refractivity contribution is 9.11. The number of ether oxygens (including phenoxy) is 1. The Balaban J connectivity index is 2.02. The molecule has 2 rings (SSSR count). The Morgan fingerprint density at radius 3 is 2.74 bits per heavy atom. The Morgan fingerprint density at radius 1 is 1.32 bits per heavy atom. The Kier molecular flexibility index (Phi) is 5.01. The fourth-order valence-corrected chi connectivity index (χ4v) is 3.33. The van der Waals surface area contributed by atoms with Gasteiger partial charge in [0.2, 0.25) is 0 Å². The van der Waals surface area contributed by atoms with E-state index in [4.69, 9.17) is 4.74 Å². The molecule has 0 aliphatic heterocycles. The van der Waals surface area contributed by atoms with Gasteiger partial charge in [-0.3, -0.25) is 4.68 Å². The minimum absolute atomic E-state index is 0.720. The van der Waals surface area contributed by atoms with E-state index in [1.807, 2.05) is 25.4 Å². The van der Waals surface area contributed by atoms with Crippen LogP contribution in [-0.2, 0) is 20.1 Å². The van der Waals surface area contributed by atoms with Gasteiger partial charge < -0.3 is 10.1 Å². The lowest BCUT2D eigenvalue weighted by molar-refractivity contribution is 0.404. The molecule has 4 nitrogen and oxygen atoms in total. The van der Waals surface area contributed by atoms with Crippen molar-refractivity contribution in [1.29, 1.82) is 0 Å². The summed E-state index contributed by atoms with van der Waals surface area (Å²) in [5.74, 6) is 0.858. The van der Waals surface area contributed by atoms with E-state index in [1.165, 1.54) is 0 Å². The highest BCUT2D eigenvalue weighted by atomic mass is 79.9. The fourth-order valence-electron chi connectivity index (χ4n) is 1.86. The van der Waals surface area contributed by atoms with Crippen molar-refractivity contribution in [3.05, 3.63) is 44.6 Å². The highest BCUT2D eigenvalue weighted by Gasteiger charge is 2.09. The molecule has 0 amide bonds. The maximum absolute atomic E-state index is 5.41. The monoisotopic (exact) mass is 387 g/mol. The molecular formula is C13H15Br2N3O. The molecule has 6 heteroatoms. The highest BCUT2D eigenvalue weighted by Crippen LogP contribution is 2.32. The summed E-state index contributed by atoms with van der Waals surface area (Å²) in [5.41, 5.74) is 2.12. The number of halogens is 2. The summed E-state index contributed by atoms with van der Waals surface area (Å²) in [7, 11) is 3.59. The normalized spacial score (nSPS) is 10.7. The largest absolute Gasteiger partial charge is 0.495 e. The second-order valence-corrected chi connectivity index (χ2v) is 5.93. The predicted octanol–water partition coefficient (Wildman–Crippen LogP) is 3.24.